The Labute approximate surface area is 181 Å². The lowest BCUT2D eigenvalue weighted by Gasteiger charge is -2.41. The highest BCUT2D eigenvalue weighted by Crippen LogP contribution is 2.30. The van der Waals surface area contributed by atoms with Crippen LogP contribution < -0.4 is 21.7 Å². The van der Waals surface area contributed by atoms with Gasteiger partial charge in [-0.1, -0.05) is 31.5 Å². The summed E-state index contributed by atoms with van der Waals surface area (Å²) in [5.74, 6) is -1.58. The van der Waals surface area contributed by atoms with E-state index in [4.69, 9.17) is 5.73 Å². The molecule has 4 amide bonds. The fourth-order valence-corrected chi connectivity index (χ4v) is 3.61. The van der Waals surface area contributed by atoms with Crippen LogP contribution >= 0.6 is 0 Å². The molecule has 0 saturated heterocycles. The highest BCUT2D eigenvalue weighted by molar-refractivity contribution is 5.92. The Hall–Kier alpha value is -2.69. The number of nitrogens with one attached hydrogen (secondary N) is 3. The summed E-state index contributed by atoms with van der Waals surface area (Å²) in [6.07, 6.45) is -3.38. The number of rotatable bonds is 7. The van der Waals surface area contributed by atoms with Gasteiger partial charge in [-0.25, -0.2) is 4.79 Å². The summed E-state index contributed by atoms with van der Waals surface area (Å²) in [4.78, 5) is 36.7. The number of aryl methyl sites for hydroxylation is 1. The topological polar surface area (TPSA) is 174 Å². The van der Waals surface area contributed by atoms with Crippen LogP contribution in [-0.2, 0) is 9.59 Å². The van der Waals surface area contributed by atoms with Gasteiger partial charge in [-0.15, -0.1) is 0 Å². The van der Waals surface area contributed by atoms with Crippen molar-refractivity contribution in [3.8, 4) is 0 Å². The number of carbonyl (C=O) groups excluding carboxylic acids is 3. The predicted molar refractivity (Wildman–Crippen MR) is 114 cm³/mol. The molecule has 172 valence electrons. The SMILES string of the molecule is Cc1ccc(NC(=O)N[C@@H]2C[C@@](O)(C(=O)N[C@H](CC(C)C)C(N)=O)C[C@@H](O)[C@@H]2O)cc1. The number of aliphatic hydroxyl groups is 3. The van der Waals surface area contributed by atoms with E-state index in [1.165, 1.54) is 0 Å². The quantitative estimate of drug-likeness (QED) is 0.310. The summed E-state index contributed by atoms with van der Waals surface area (Å²) in [7, 11) is 0. The Kier molecular flexibility index (Phi) is 7.99. The average molecular weight is 437 g/mol. The second kappa shape index (κ2) is 10.1. The van der Waals surface area contributed by atoms with Gasteiger partial charge in [0.1, 0.15) is 17.7 Å². The van der Waals surface area contributed by atoms with Crippen molar-refractivity contribution < 1.29 is 29.7 Å². The molecule has 31 heavy (non-hydrogen) atoms. The van der Waals surface area contributed by atoms with E-state index < -0.39 is 54.2 Å². The Morgan fingerprint density at radius 2 is 1.77 bits per heavy atom. The average Bonchev–Trinajstić information content (AvgIpc) is 2.66. The normalized spacial score (nSPS) is 26.7. The maximum absolute atomic E-state index is 12.7. The first-order chi connectivity index (χ1) is 14.4. The van der Waals surface area contributed by atoms with Crippen LogP contribution in [0.4, 0.5) is 10.5 Å². The summed E-state index contributed by atoms with van der Waals surface area (Å²) < 4.78 is 0. The molecule has 0 spiro atoms. The molecule has 0 unspecified atom stereocenters. The lowest BCUT2D eigenvalue weighted by atomic mass is 9.77. The molecular weight excluding hydrogens is 404 g/mol. The van der Waals surface area contributed by atoms with Crippen molar-refractivity contribution in [2.75, 3.05) is 5.32 Å². The standard InChI is InChI=1S/C21H32N4O6/c1-11(2)8-14(18(22)28)24-19(29)21(31)9-15(17(27)16(26)10-21)25-20(30)23-13-6-4-12(3)5-7-13/h4-7,11,14-17,26-27,31H,8-10H2,1-3H3,(H2,22,28)(H,24,29)(H2,23,25,30)/t14-,15-,16-,17-,21+/m1/s1. The minimum Gasteiger partial charge on any atom is -0.390 e. The van der Waals surface area contributed by atoms with Crippen LogP contribution in [0.15, 0.2) is 24.3 Å². The first-order valence-electron chi connectivity index (χ1n) is 10.2. The maximum atomic E-state index is 12.7. The fraction of sp³-hybridized carbons (Fsp3) is 0.571. The number of nitrogens with two attached hydrogens (primary N) is 1. The van der Waals surface area contributed by atoms with Gasteiger partial charge in [0.15, 0.2) is 0 Å². The van der Waals surface area contributed by atoms with Gasteiger partial charge < -0.3 is 37.0 Å². The zero-order valence-electron chi connectivity index (χ0n) is 18.0. The summed E-state index contributed by atoms with van der Waals surface area (Å²) in [6, 6.07) is 4.25. The van der Waals surface area contributed by atoms with Crippen molar-refractivity contribution in [1.82, 2.24) is 10.6 Å². The minimum atomic E-state index is -2.11. The molecule has 5 atom stereocenters. The van der Waals surface area contributed by atoms with Gasteiger partial charge in [0.05, 0.1) is 12.1 Å². The monoisotopic (exact) mass is 436 g/mol. The highest BCUT2D eigenvalue weighted by Gasteiger charge is 2.49. The zero-order chi connectivity index (χ0) is 23.3. The molecule has 0 aromatic heterocycles. The molecule has 1 aromatic carbocycles. The zero-order valence-corrected chi connectivity index (χ0v) is 18.0. The van der Waals surface area contributed by atoms with Gasteiger partial charge in [-0.3, -0.25) is 9.59 Å². The van der Waals surface area contributed by atoms with Gasteiger partial charge in [0, 0.05) is 18.5 Å². The van der Waals surface area contributed by atoms with Crippen molar-refractivity contribution in [1.29, 1.82) is 0 Å². The Balaban J connectivity index is 2.08. The van der Waals surface area contributed by atoms with Crippen LogP contribution in [0.1, 0.15) is 38.7 Å². The molecule has 0 aliphatic heterocycles. The molecule has 1 aliphatic carbocycles. The van der Waals surface area contributed by atoms with Crippen LogP contribution in [0.25, 0.3) is 0 Å². The molecule has 1 fully saturated rings. The first kappa shape index (κ1) is 24.6. The van der Waals surface area contributed by atoms with Crippen LogP contribution in [0.2, 0.25) is 0 Å². The van der Waals surface area contributed by atoms with Crippen LogP contribution in [0, 0.1) is 12.8 Å². The van der Waals surface area contributed by atoms with Gasteiger partial charge in [-0.2, -0.15) is 0 Å². The minimum absolute atomic E-state index is 0.0612. The van der Waals surface area contributed by atoms with Crippen molar-refractivity contribution in [3.05, 3.63) is 29.8 Å². The van der Waals surface area contributed by atoms with Crippen molar-refractivity contribution >= 4 is 23.5 Å². The van der Waals surface area contributed by atoms with Gasteiger partial charge >= 0.3 is 6.03 Å². The number of hydrogen-bond donors (Lipinski definition) is 7. The number of primary amides is 1. The van der Waals surface area contributed by atoms with Crippen LogP contribution in [0.5, 0.6) is 0 Å². The van der Waals surface area contributed by atoms with E-state index in [0.29, 0.717) is 5.69 Å². The lowest BCUT2D eigenvalue weighted by Crippen LogP contribution is -2.64. The Morgan fingerprint density at radius 1 is 1.16 bits per heavy atom. The number of carbonyl (C=O) groups is 3. The number of hydrogen-bond acceptors (Lipinski definition) is 6. The molecule has 1 aliphatic rings. The molecule has 10 nitrogen and oxygen atoms in total. The molecule has 2 rings (SSSR count). The molecule has 1 saturated carbocycles. The van der Waals surface area contributed by atoms with E-state index in [1.54, 1.807) is 12.1 Å². The summed E-state index contributed by atoms with van der Waals surface area (Å²) in [5.41, 5.74) is 4.76. The second-order valence-electron chi connectivity index (χ2n) is 8.63. The molecule has 8 N–H and O–H groups in total. The molecular formula is C21H32N4O6. The number of benzene rings is 1. The largest absolute Gasteiger partial charge is 0.390 e. The molecule has 0 radical (unpaired) electrons. The van der Waals surface area contributed by atoms with Crippen molar-refractivity contribution in [3.63, 3.8) is 0 Å². The predicted octanol–water partition coefficient (Wildman–Crippen LogP) is -0.252. The third-order valence-corrected chi connectivity index (χ3v) is 5.32. The van der Waals surface area contributed by atoms with E-state index in [9.17, 15) is 29.7 Å². The van der Waals surface area contributed by atoms with E-state index in [2.05, 4.69) is 16.0 Å². The van der Waals surface area contributed by atoms with Gasteiger partial charge in [0.25, 0.3) is 5.91 Å². The summed E-state index contributed by atoms with van der Waals surface area (Å²) in [6.45, 7) is 5.60. The number of anilines is 1. The lowest BCUT2D eigenvalue weighted by molar-refractivity contribution is -0.159. The third-order valence-electron chi connectivity index (χ3n) is 5.32. The van der Waals surface area contributed by atoms with Crippen molar-refractivity contribution in [2.45, 2.75) is 69.9 Å². The first-order valence-corrected chi connectivity index (χ1v) is 10.2. The second-order valence-corrected chi connectivity index (χ2v) is 8.63. The number of amides is 4. The summed E-state index contributed by atoms with van der Waals surface area (Å²) >= 11 is 0. The van der Waals surface area contributed by atoms with E-state index in [1.807, 2.05) is 32.9 Å². The van der Waals surface area contributed by atoms with Gasteiger partial charge in [0.2, 0.25) is 5.91 Å². The Bertz CT molecular complexity index is 800. The molecule has 1 aromatic rings. The fourth-order valence-electron chi connectivity index (χ4n) is 3.61. The Morgan fingerprint density at radius 3 is 2.32 bits per heavy atom. The third kappa shape index (κ3) is 6.65. The summed E-state index contributed by atoms with van der Waals surface area (Å²) in [5, 5.41) is 38.9. The maximum Gasteiger partial charge on any atom is 0.319 e. The van der Waals surface area contributed by atoms with Crippen LogP contribution in [0.3, 0.4) is 0 Å². The number of urea groups is 1. The van der Waals surface area contributed by atoms with E-state index in [-0.39, 0.29) is 18.8 Å². The molecule has 0 bridgehead atoms. The van der Waals surface area contributed by atoms with Gasteiger partial charge in [-0.05, 0) is 31.4 Å². The molecule has 10 heteroatoms. The van der Waals surface area contributed by atoms with E-state index in [0.717, 1.165) is 5.56 Å². The van der Waals surface area contributed by atoms with Crippen LogP contribution in [-0.4, -0.2) is 63.1 Å². The molecule has 0 heterocycles. The number of aliphatic hydroxyl groups excluding tert-OH is 2. The van der Waals surface area contributed by atoms with E-state index >= 15 is 0 Å². The highest BCUT2D eigenvalue weighted by atomic mass is 16.3. The smallest absolute Gasteiger partial charge is 0.319 e. The van der Waals surface area contributed by atoms with Crippen molar-refractivity contribution in [2.24, 2.45) is 11.7 Å².